The fourth-order valence-corrected chi connectivity index (χ4v) is 5.89. The van der Waals surface area contributed by atoms with Crippen molar-refractivity contribution < 1.29 is 34.1 Å². The Morgan fingerprint density at radius 3 is 2.93 bits per heavy atom. The lowest BCUT2D eigenvalue weighted by molar-refractivity contribution is -0.185. The molecule has 29 heavy (non-hydrogen) atoms. The van der Waals surface area contributed by atoms with E-state index in [0.717, 1.165) is 17.7 Å². The topological polar surface area (TPSA) is 125 Å². The number of amides is 1. The molecule has 0 aromatic heterocycles. The van der Waals surface area contributed by atoms with Gasteiger partial charge in [0, 0.05) is 18.0 Å². The number of carbonyl (C=O) groups is 3. The fraction of sp³-hybridized carbons (Fsp3) is 0.550. The molecular formula is C20H22N2O7. The second-order valence-electron chi connectivity index (χ2n) is 8.37. The van der Waals surface area contributed by atoms with E-state index in [1.807, 2.05) is 13.1 Å². The smallest absolute Gasteiger partial charge is 0.413 e. The molecule has 2 aliphatic carbocycles. The molecule has 5 rings (SSSR count). The minimum atomic E-state index is -1.19. The van der Waals surface area contributed by atoms with Crippen molar-refractivity contribution in [3.8, 4) is 11.5 Å². The summed E-state index contributed by atoms with van der Waals surface area (Å²) in [5.74, 6) is -0.799. The molecule has 1 saturated carbocycles. The molecule has 0 radical (unpaired) electrons. The van der Waals surface area contributed by atoms with E-state index in [4.69, 9.17) is 14.6 Å². The van der Waals surface area contributed by atoms with Crippen LogP contribution < -0.4 is 14.8 Å². The Morgan fingerprint density at radius 2 is 2.17 bits per heavy atom. The highest BCUT2D eigenvalue weighted by Crippen LogP contribution is 2.64. The number of hydrogen-bond donors (Lipinski definition) is 3. The monoisotopic (exact) mass is 402 g/mol. The van der Waals surface area contributed by atoms with Gasteiger partial charge < -0.3 is 29.9 Å². The van der Waals surface area contributed by atoms with Gasteiger partial charge in [0.1, 0.15) is 6.54 Å². The van der Waals surface area contributed by atoms with Gasteiger partial charge >= 0.3 is 12.1 Å². The molecule has 2 bridgehead atoms. The maximum atomic E-state index is 12.8. The maximum absolute atomic E-state index is 12.8. The van der Waals surface area contributed by atoms with Crippen LogP contribution in [0.1, 0.15) is 30.4 Å². The Morgan fingerprint density at radius 1 is 1.38 bits per heavy atom. The normalized spacial score (nSPS) is 34.2. The number of rotatable bonds is 3. The first-order valence-corrected chi connectivity index (χ1v) is 9.74. The predicted octanol–water partition coefficient (Wildman–Crippen LogP) is 0.213. The van der Waals surface area contributed by atoms with Crippen LogP contribution in [0.2, 0.25) is 0 Å². The van der Waals surface area contributed by atoms with Gasteiger partial charge in [-0.2, -0.15) is 0 Å². The molecule has 2 aliphatic heterocycles. The third-order valence-corrected chi connectivity index (χ3v) is 7.10. The molecule has 1 spiro atoms. The van der Waals surface area contributed by atoms with Crippen LogP contribution in [0.4, 0.5) is 4.79 Å². The van der Waals surface area contributed by atoms with Gasteiger partial charge in [-0.05, 0) is 44.5 Å². The summed E-state index contributed by atoms with van der Waals surface area (Å²) in [6, 6.07) is 3.34. The Balaban J connectivity index is 1.61. The van der Waals surface area contributed by atoms with Crippen LogP contribution in [0.5, 0.6) is 11.5 Å². The number of carbonyl (C=O) groups excluding carboxylic acids is 2. The van der Waals surface area contributed by atoms with E-state index in [-0.39, 0.29) is 24.0 Å². The van der Waals surface area contributed by atoms with Gasteiger partial charge in [0.25, 0.3) is 0 Å². The van der Waals surface area contributed by atoms with Crippen LogP contribution in [0.3, 0.4) is 0 Å². The number of ketones is 1. The van der Waals surface area contributed by atoms with E-state index in [1.165, 1.54) is 0 Å². The zero-order valence-corrected chi connectivity index (χ0v) is 15.9. The van der Waals surface area contributed by atoms with E-state index in [1.54, 1.807) is 6.07 Å². The molecule has 1 saturated heterocycles. The molecule has 1 aromatic carbocycles. The third-order valence-electron chi connectivity index (χ3n) is 7.10. The van der Waals surface area contributed by atoms with E-state index >= 15 is 0 Å². The average Bonchev–Trinajstić information content (AvgIpc) is 3.03. The molecule has 4 atom stereocenters. The van der Waals surface area contributed by atoms with Gasteiger partial charge in [-0.15, -0.1) is 0 Å². The van der Waals surface area contributed by atoms with Crippen molar-refractivity contribution in [2.24, 2.45) is 0 Å². The molecule has 4 aliphatic rings. The van der Waals surface area contributed by atoms with Crippen molar-refractivity contribution in [3.05, 3.63) is 23.3 Å². The van der Waals surface area contributed by atoms with E-state index in [2.05, 4.69) is 10.2 Å². The number of aliphatic hydroxyl groups is 1. The van der Waals surface area contributed by atoms with Crippen LogP contribution >= 0.6 is 0 Å². The maximum Gasteiger partial charge on any atom is 0.413 e. The molecule has 9 nitrogen and oxygen atoms in total. The number of carboxylic acid groups (broad SMARTS) is 1. The summed E-state index contributed by atoms with van der Waals surface area (Å²) in [5.41, 5.74) is -0.192. The number of carboxylic acids is 1. The molecule has 9 heteroatoms. The molecular weight excluding hydrogens is 380 g/mol. The van der Waals surface area contributed by atoms with Crippen LogP contribution in [-0.2, 0) is 21.4 Å². The Labute approximate surface area is 166 Å². The number of likely N-dealkylation sites (tertiary alicyclic amines) is 1. The van der Waals surface area contributed by atoms with Crippen molar-refractivity contribution in [1.82, 2.24) is 10.2 Å². The Hall–Kier alpha value is -2.65. The number of aliphatic carboxylic acids is 1. The molecule has 1 aromatic rings. The fourth-order valence-electron chi connectivity index (χ4n) is 5.89. The van der Waals surface area contributed by atoms with Crippen LogP contribution in [0.25, 0.3) is 0 Å². The lowest BCUT2D eigenvalue weighted by Crippen LogP contribution is -2.76. The van der Waals surface area contributed by atoms with Gasteiger partial charge in [-0.3, -0.25) is 9.59 Å². The molecule has 2 fully saturated rings. The molecule has 154 valence electrons. The summed E-state index contributed by atoms with van der Waals surface area (Å²) in [5, 5.41) is 22.7. The summed E-state index contributed by atoms with van der Waals surface area (Å²) in [6.07, 6.45) is 0.0842. The zero-order valence-electron chi connectivity index (χ0n) is 15.9. The summed E-state index contributed by atoms with van der Waals surface area (Å²) >= 11 is 0. The second-order valence-corrected chi connectivity index (χ2v) is 8.37. The highest BCUT2D eigenvalue weighted by Gasteiger charge is 2.72. The molecule has 0 unspecified atom stereocenters. The number of nitrogens with one attached hydrogen (secondary N) is 1. The van der Waals surface area contributed by atoms with Crippen LogP contribution in [-0.4, -0.2) is 70.8 Å². The lowest BCUT2D eigenvalue weighted by atomic mass is 9.49. The van der Waals surface area contributed by atoms with Gasteiger partial charge in [-0.25, -0.2) is 4.79 Å². The highest BCUT2D eigenvalue weighted by atomic mass is 16.6. The van der Waals surface area contributed by atoms with Gasteiger partial charge in [0.2, 0.25) is 0 Å². The number of benzene rings is 1. The van der Waals surface area contributed by atoms with Crippen molar-refractivity contribution >= 4 is 17.8 Å². The summed E-state index contributed by atoms with van der Waals surface area (Å²) in [6.45, 7) is 0.155. The predicted molar refractivity (Wildman–Crippen MR) is 98.1 cm³/mol. The van der Waals surface area contributed by atoms with Crippen LogP contribution in [0.15, 0.2) is 12.1 Å². The first kappa shape index (κ1) is 18.4. The SMILES string of the molecule is CN1CC[C@]23c4c5ccc(OC(=O)NCC(=O)O)c4O[C@H]2C(=O)CC[C@@]3(O)[C@H]1C5. The van der Waals surface area contributed by atoms with Gasteiger partial charge in [-0.1, -0.05) is 6.07 Å². The first-order valence-electron chi connectivity index (χ1n) is 9.74. The summed E-state index contributed by atoms with van der Waals surface area (Å²) in [4.78, 5) is 37.6. The zero-order chi connectivity index (χ0) is 20.6. The van der Waals surface area contributed by atoms with E-state index < -0.39 is 35.7 Å². The van der Waals surface area contributed by atoms with Crippen molar-refractivity contribution in [2.45, 2.75) is 48.8 Å². The summed E-state index contributed by atoms with van der Waals surface area (Å²) in [7, 11) is 1.99. The Bertz CT molecular complexity index is 947. The standard InChI is InChI=1S/C20H22N2O7/c1-22-7-6-19-15-10-2-3-12(28-18(26)21-9-14(24)25)16(15)29-17(19)11(23)4-5-20(19,27)13(22)8-10/h2-3,13,17,27H,4-9H2,1H3,(H,21,26)(H,24,25)/t13-,17+,19+,20-/m1/s1. The molecule has 1 amide bonds. The number of piperidine rings is 1. The minimum Gasteiger partial charge on any atom is -0.480 e. The van der Waals surface area contributed by atoms with Crippen molar-refractivity contribution in [3.63, 3.8) is 0 Å². The molecule has 3 N–H and O–H groups in total. The lowest BCUT2D eigenvalue weighted by Gasteiger charge is -2.61. The Kier molecular flexibility index (Phi) is 3.76. The quantitative estimate of drug-likeness (QED) is 0.655. The molecule has 2 heterocycles. The van der Waals surface area contributed by atoms with Crippen molar-refractivity contribution in [1.29, 1.82) is 0 Å². The highest BCUT2D eigenvalue weighted by molar-refractivity contribution is 5.90. The van der Waals surface area contributed by atoms with Crippen LogP contribution in [0, 0.1) is 0 Å². The number of likely N-dealkylation sites (N-methyl/N-ethyl adjacent to an activating group) is 1. The van der Waals surface area contributed by atoms with Crippen molar-refractivity contribution in [2.75, 3.05) is 20.1 Å². The average molecular weight is 402 g/mol. The summed E-state index contributed by atoms with van der Waals surface area (Å²) < 4.78 is 11.4. The number of ether oxygens (including phenoxy) is 2. The first-order chi connectivity index (χ1) is 13.8. The number of Topliss-reactive ketones (excluding diaryl/α,β-unsaturated/α-hetero) is 1. The minimum absolute atomic E-state index is 0.0525. The largest absolute Gasteiger partial charge is 0.480 e. The van der Waals surface area contributed by atoms with Gasteiger partial charge in [0.05, 0.1) is 11.0 Å². The van der Waals surface area contributed by atoms with E-state index in [0.29, 0.717) is 25.0 Å². The third kappa shape index (κ3) is 2.25. The second kappa shape index (κ2) is 5.93. The number of nitrogens with zero attached hydrogens (tertiary/aromatic N) is 1. The van der Waals surface area contributed by atoms with Gasteiger partial charge in [0.15, 0.2) is 23.4 Å². The number of hydrogen-bond acceptors (Lipinski definition) is 7. The van der Waals surface area contributed by atoms with E-state index in [9.17, 15) is 19.5 Å².